The highest BCUT2D eigenvalue weighted by molar-refractivity contribution is 5.88. The summed E-state index contributed by atoms with van der Waals surface area (Å²) in [6.07, 6.45) is 9.01. The Balaban J connectivity index is 2.56. The van der Waals surface area contributed by atoms with Crippen LogP contribution < -0.4 is 5.32 Å². The molecular formula is C17H33NO. The summed E-state index contributed by atoms with van der Waals surface area (Å²) in [6, 6.07) is 0.0451. The molecule has 2 heteroatoms. The lowest BCUT2D eigenvalue weighted by Gasteiger charge is -2.35. The predicted octanol–water partition coefficient (Wildman–Crippen LogP) is 4.33. The molecule has 1 atom stereocenters. The smallest absolute Gasteiger partial charge is 0.155 e. The van der Waals surface area contributed by atoms with Crippen molar-refractivity contribution in [3.63, 3.8) is 0 Å². The molecule has 0 amide bonds. The number of rotatable bonds is 6. The predicted molar refractivity (Wildman–Crippen MR) is 82.4 cm³/mol. The number of nitrogens with one attached hydrogen (secondary N) is 1. The van der Waals surface area contributed by atoms with Crippen LogP contribution in [0.4, 0.5) is 0 Å². The third kappa shape index (κ3) is 5.25. The molecule has 1 aliphatic carbocycles. The van der Waals surface area contributed by atoms with Gasteiger partial charge in [0, 0.05) is 5.41 Å². The monoisotopic (exact) mass is 267 g/mol. The van der Waals surface area contributed by atoms with Crippen LogP contribution in [0.2, 0.25) is 0 Å². The van der Waals surface area contributed by atoms with Gasteiger partial charge in [-0.25, -0.2) is 0 Å². The average Bonchev–Trinajstić information content (AvgIpc) is 2.33. The van der Waals surface area contributed by atoms with Crippen molar-refractivity contribution < 1.29 is 4.79 Å². The minimum absolute atomic E-state index is 0.0451. The second-order valence-corrected chi connectivity index (χ2v) is 7.63. The summed E-state index contributed by atoms with van der Waals surface area (Å²) in [5, 5.41) is 3.40. The van der Waals surface area contributed by atoms with E-state index in [9.17, 15) is 4.79 Å². The third-order valence-corrected chi connectivity index (χ3v) is 4.60. The van der Waals surface area contributed by atoms with Gasteiger partial charge in [-0.05, 0) is 37.6 Å². The van der Waals surface area contributed by atoms with Gasteiger partial charge in [-0.1, -0.05) is 53.9 Å². The van der Waals surface area contributed by atoms with Gasteiger partial charge in [-0.3, -0.25) is 4.79 Å². The van der Waals surface area contributed by atoms with Crippen molar-refractivity contribution in [1.29, 1.82) is 0 Å². The molecule has 2 nitrogen and oxygen atoms in total. The zero-order valence-electron chi connectivity index (χ0n) is 13.6. The Morgan fingerprint density at radius 2 is 1.79 bits per heavy atom. The van der Waals surface area contributed by atoms with Crippen molar-refractivity contribution in [2.45, 2.75) is 85.6 Å². The fourth-order valence-electron chi connectivity index (χ4n) is 3.24. The largest absolute Gasteiger partial charge is 0.308 e. The Hall–Kier alpha value is -0.370. The van der Waals surface area contributed by atoms with Crippen LogP contribution in [0.15, 0.2) is 0 Å². The zero-order chi connectivity index (χ0) is 14.5. The molecule has 0 aromatic carbocycles. The van der Waals surface area contributed by atoms with Gasteiger partial charge in [0.15, 0.2) is 5.78 Å². The van der Waals surface area contributed by atoms with Crippen molar-refractivity contribution in [2.75, 3.05) is 6.54 Å². The van der Waals surface area contributed by atoms with E-state index in [4.69, 9.17) is 0 Å². The normalized spacial score (nSPS) is 21.1. The summed E-state index contributed by atoms with van der Waals surface area (Å²) in [5.41, 5.74) is 0.240. The van der Waals surface area contributed by atoms with Crippen molar-refractivity contribution in [1.82, 2.24) is 5.32 Å². The second kappa shape index (κ2) is 6.88. The second-order valence-electron chi connectivity index (χ2n) is 7.63. The maximum Gasteiger partial charge on any atom is 0.155 e. The SMILES string of the molecule is CCNC(CCC1(C)CCCCC1)C(=O)C(C)(C)C. The molecule has 1 rings (SSSR count). The number of hydrogen-bond acceptors (Lipinski definition) is 2. The number of hydrogen-bond donors (Lipinski definition) is 1. The maximum absolute atomic E-state index is 12.5. The van der Waals surface area contributed by atoms with E-state index in [1.54, 1.807) is 0 Å². The molecule has 0 aromatic heterocycles. The number of ketones is 1. The van der Waals surface area contributed by atoms with Crippen LogP contribution in [0.3, 0.4) is 0 Å². The highest BCUT2D eigenvalue weighted by Crippen LogP contribution is 2.40. The van der Waals surface area contributed by atoms with Crippen LogP contribution in [0.5, 0.6) is 0 Å². The molecule has 0 aromatic rings. The first-order chi connectivity index (χ1) is 8.78. The summed E-state index contributed by atoms with van der Waals surface area (Å²) < 4.78 is 0. The Bertz CT molecular complexity index is 284. The number of likely N-dealkylation sites (N-methyl/N-ethyl adjacent to an activating group) is 1. The molecule has 0 saturated heterocycles. The molecule has 1 N–H and O–H groups in total. The first-order valence-electron chi connectivity index (χ1n) is 8.06. The van der Waals surface area contributed by atoms with Crippen molar-refractivity contribution in [3.05, 3.63) is 0 Å². The van der Waals surface area contributed by atoms with Gasteiger partial charge in [0.1, 0.15) is 0 Å². The van der Waals surface area contributed by atoms with Gasteiger partial charge in [0.2, 0.25) is 0 Å². The van der Waals surface area contributed by atoms with E-state index < -0.39 is 0 Å². The molecular weight excluding hydrogens is 234 g/mol. The Morgan fingerprint density at radius 1 is 1.21 bits per heavy atom. The van der Waals surface area contributed by atoms with E-state index >= 15 is 0 Å². The maximum atomic E-state index is 12.5. The molecule has 0 aliphatic heterocycles. The molecule has 1 saturated carbocycles. The molecule has 112 valence electrons. The summed E-state index contributed by atoms with van der Waals surface area (Å²) in [5.74, 6) is 0.369. The lowest BCUT2D eigenvalue weighted by atomic mass is 9.71. The molecule has 19 heavy (non-hydrogen) atoms. The minimum Gasteiger partial charge on any atom is -0.308 e. The highest BCUT2D eigenvalue weighted by atomic mass is 16.1. The van der Waals surface area contributed by atoms with Gasteiger partial charge in [0.05, 0.1) is 6.04 Å². The van der Waals surface area contributed by atoms with E-state index in [2.05, 4.69) is 19.2 Å². The summed E-state index contributed by atoms with van der Waals surface area (Å²) in [7, 11) is 0. The molecule has 1 aliphatic rings. The molecule has 0 bridgehead atoms. The first kappa shape index (κ1) is 16.7. The summed E-state index contributed by atoms with van der Waals surface area (Å²) in [4.78, 5) is 12.5. The van der Waals surface area contributed by atoms with Crippen LogP contribution in [0.25, 0.3) is 0 Å². The minimum atomic E-state index is -0.236. The lowest BCUT2D eigenvalue weighted by molar-refractivity contribution is -0.128. The quantitative estimate of drug-likeness (QED) is 0.776. The number of Topliss-reactive ketones (excluding diaryl/α,β-unsaturated/α-hetero) is 1. The van der Waals surface area contributed by atoms with Crippen LogP contribution in [-0.2, 0) is 4.79 Å². The van der Waals surface area contributed by atoms with Crippen molar-refractivity contribution in [2.24, 2.45) is 10.8 Å². The molecule has 1 fully saturated rings. The Morgan fingerprint density at radius 3 is 2.26 bits per heavy atom. The standard InChI is InChI=1S/C17H33NO/c1-6-18-14(15(19)16(2,3)4)10-13-17(5)11-8-7-9-12-17/h14,18H,6-13H2,1-5H3. The first-order valence-corrected chi connectivity index (χ1v) is 8.06. The Labute approximate surface area is 119 Å². The highest BCUT2D eigenvalue weighted by Gasteiger charge is 2.32. The molecule has 1 unspecified atom stereocenters. The van der Waals surface area contributed by atoms with Crippen LogP contribution >= 0.6 is 0 Å². The van der Waals surface area contributed by atoms with E-state index in [0.29, 0.717) is 11.2 Å². The zero-order valence-corrected chi connectivity index (χ0v) is 13.6. The van der Waals surface area contributed by atoms with Crippen molar-refractivity contribution in [3.8, 4) is 0 Å². The van der Waals surface area contributed by atoms with Gasteiger partial charge < -0.3 is 5.32 Å². The molecule has 0 heterocycles. The average molecular weight is 267 g/mol. The van der Waals surface area contributed by atoms with Gasteiger partial charge in [-0.15, -0.1) is 0 Å². The molecule has 0 radical (unpaired) electrons. The van der Waals surface area contributed by atoms with E-state index in [1.165, 1.54) is 38.5 Å². The fraction of sp³-hybridized carbons (Fsp3) is 0.941. The fourth-order valence-corrected chi connectivity index (χ4v) is 3.24. The molecule has 0 spiro atoms. The van der Waals surface area contributed by atoms with E-state index in [1.807, 2.05) is 20.8 Å². The lowest BCUT2D eigenvalue weighted by Crippen LogP contribution is -2.43. The van der Waals surface area contributed by atoms with Gasteiger partial charge in [0.25, 0.3) is 0 Å². The van der Waals surface area contributed by atoms with Crippen LogP contribution in [0, 0.1) is 10.8 Å². The van der Waals surface area contributed by atoms with E-state index in [0.717, 1.165) is 13.0 Å². The summed E-state index contributed by atoms with van der Waals surface area (Å²) in [6.45, 7) is 11.5. The topological polar surface area (TPSA) is 29.1 Å². The van der Waals surface area contributed by atoms with Gasteiger partial charge in [-0.2, -0.15) is 0 Å². The van der Waals surface area contributed by atoms with E-state index in [-0.39, 0.29) is 11.5 Å². The van der Waals surface area contributed by atoms with Crippen molar-refractivity contribution >= 4 is 5.78 Å². The Kier molecular flexibility index (Phi) is 6.04. The number of carbonyl (C=O) groups excluding carboxylic acids is 1. The van der Waals surface area contributed by atoms with Gasteiger partial charge >= 0.3 is 0 Å². The third-order valence-electron chi connectivity index (χ3n) is 4.60. The summed E-state index contributed by atoms with van der Waals surface area (Å²) >= 11 is 0. The number of carbonyl (C=O) groups is 1. The van der Waals surface area contributed by atoms with Crippen LogP contribution in [0.1, 0.15) is 79.6 Å². The van der Waals surface area contributed by atoms with Crippen LogP contribution in [-0.4, -0.2) is 18.4 Å².